The lowest BCUT2D eigenvalue weighted by atomic mass is 9.56. The van der Waals surface area contributed by atoms with Crippen molar-refractivity contribution >= 4 is 6.09 Å². The van der Waals surface area contributed by atoms with Crippen molar-refractivity contribution in [2.24, 2.45) is 17.3 Å². The largest absolute Gasteiger partial charge is 0.444 e. The molecule has 0 aromatic carbocycles. The molecule has 2 saturated carbocycles. The highest BCUT2D eigenvalue weighted by atomic mass is 16.7. The van der Waals surface area contributed by atoms with Crippen molar-refractivity contribution in [3.63, 3.8) is 0 Å². The molecule has 1 spiro atoms. The second-order valence-electron chi connectivity index (χ2n) is 10.4. The number of hydrogen-bond acceptors (Lipinski definition) is 5. The zero-order valence-corrected chi connectivity index (χ0v) is 17.2. The predicted octanol–water partition coefficient (Wildman–Crippen LogP) is 3.05. The topological polar surface area (TPSA) is 79.2 Å². The number of carbonyl (C=O) groups excluding carboxylic acids is 1. The molecular formula is C21H35NO5. The highest BCUT2D eigenvalue weighted by molar-refractivity contribution is 5.68. The number of carbonyl (C=O) groups is 1. The van der Waals surface area contributed by atoms with Gasteiger partial charge < -0.3 is 24.6 Å². The van der Waals surface area contributed by atoms with E-state index in [0.717, 1.165) is 25.7 Å². The average molecular weight is 382 g/mol. The fourth-order valence-electron chi connectivity index (χ4n) is 6.61. The van der Waals surface area contributed by atoms with Gasteiger partial charge in [-0.25, -0.2) is 4.79 Å². The Bertz CT molecular complexity index is 598. The number of hydrogen-bond donors (Lipinski definition) is 2. The number of aliphatic hydroxyl groups is 2. The Morgan fingerprint density at radius 3 is 2.44 bits per heavy atom. The van der Waals surface area contributed by atoms with E-state index in [1.165, 1.54) is 0 Å². The quantitative estimate of drug-likeness (QED) is 0.674. The standard InChI is InChI=1S/C21H35NO5/c1-14-11-15-13-21(25)20(24)8-6-10-22(17(23)27-18(2,3)4)9-5-7-19(15,20)16(12-14)26-21/h14-16,24-25H,5-13H2,1-4H3/t14-,15?,16+,19?,20-,21+/m0/s1. The van der Waals surface area contributed by atoms with Gasteiger partial charge in [-0.15, -0.1) is 0 Å². The van der Waals surface area contributed by atoms with Gasteiger partial charge in [-0.05, 0) is 71.1 Å². The molecule has 2 unspecified atom stereocenters. The highest BCUT2D eigenvalue weighted by Crippen LogP contribution is 2.72. The number of rotatable bonds is 0. The molecule has 2 aliphatic heterocycles. The number of nitrogens with zero attached hydrogens (tertiary/aromatic N) is 1. The van der Waals surface area contributed by atoms with Crippen LogP contribution in [0.1, 0.15) is 72.6 Å². The fraction of sp³-hybridized carbons (Fsp3) is 0.952. The minimum absolute atomic E-state index is 0.0805. The van der Waals surface area contributed by atoms with Crippen LogP contribution in [0.3, 0.4) is 0 Å². The Balaban J connectivity index is 1.58. The first-order valence-corrected chi connectivity index (χ1v) is 10.6. The Kier molecular flexibility index (Phi) is 4.38. The average Bonchev–Trinajstić information content (AvgIpc) is 2.83. The van der Waals surface area contributed by atoms with Crippen LogP contribution in [0.15, 0.2) is 0 Å². The molecule has 0 aromatic heterocycles. The smallest absolute Gasteiger partial charge is 0.410 e. The zero-order chi connectivity index (χ0) is 19.7. The van der Waals surface area contributed by atoms with Crippen LogP contribution in [0.25, 0.3) is 0 Å². The predicted molar refractivity (Wildman–Crippen MR) is 100.0 cm³/mol. The van der Waals surface area contributed by atoms with Gasteiger partial charge in [0.1, 0.15) is 11.2 Å². The van der Waals surface area contributed by atoms with Crippen LogP contribution in [0.5, 0.6) is 0 Å². The van der Waals surface area contributed by atoms with Crippen molar-refractivity contribution in [1.82, 2.24) is 4.90 Å². The summed E-state index contributed by atoms with van der Waals surface area (Å²) in [6.07, 6.45) is 4.80. The molecule has 4 rings (SSSR count). The molecule has 1 amide bonds. The zero-order valence-electron chi connectivity index (χ0n) is 17.2. The molecule has 2 bridgehead atoms. The summed E-state index contributed by atoms with van der Waals surface area (Å²) in [5.41, 5.74) is -2.10. The van der Waals surface area contributed by atoms with E-state index in [1.807, 2.05) is 20.8 Å². The Morgan fingerprint density at radius 1 is 1.15 bits per heavy atom. The van der Waals surface area contributed by atoms with Gasteiger partial charge in [0.25, 0.3) is 0 Å². The van der Waals surface area contributed by atoms with E-state index in [1.54, 1.807) is 4.90 Å². The van der Waals surface area contributed by atoms with Crippen LogP contribution in [0.4, 0.5) is 4.79 Å². The van der Waals surface area contributed by atoms with E-state index in [2.05, 4.69) is 6.92 Å². The third-order valence-corrected chi connectivity index (χ3v) is 7.52. The summed E-state index contributed by atoms with van der Waals surface area (Å²) >= 11 is 0. The molecule has 6 heteroatoms. The van der Waals surface area contributed by atoms with Crippen molar-refractivity contribution < 1.29 is 24.5 Å². The summed E-state index contributed by atoms with van der Waals surface area (Å²) in [5, 5.41) is 23.0. The summed E-state index contributed by atoms with van der Waals surface area (Å²) in [5.74, 6) is -0.574. The third kappa shape index (κ3) is 2.74. The summed E-state index contributed by atoms with van der Waals surface area (Å²) in [7, 11) is 0. The molecule has 0 aromatic rings. The lowest BCUT2D eigenvalue weighted by Gasteiger charge is -2.50. The van der Waals surface area contributed by atoms with E-state index in [4.69, 9.17) is 9.47 Å². The summed E-state index contributed by atoms with van der Waals surface area (Å²) in [6.45, 7) is 9.03. The van der Waals surface area contributed by atoms with Gasteiger partial charge in [0.05, 0.1) is 6.10 Å². The summed E-state index contributed by atoms with van der Waals surface area (Å²) in [6, 6.07) is 0. The molecule has 2 saturated heterocycles. The third-order valence-electron chi connectivity index (χ3n) is 7.52. The van der Waals surface area contributed by atoms with E-state index in [-0.39, 0.29) is 17.6 Å². The van der Waals surface area contributed by atoms with Crippen LogP contribution in [-0.4, -0.2) is 57.4 Å². The summed E-state index contributed by atoms with van der Waals surface area (Å²) < 4.78 is 11.7. The van der Waals surface area contributed by atoms with Gasteiger partial charge in [-0.3, -0.25) is 0 Å². The van der Waals surface area contributed by atoms with E-state index < -0.39 is 17.0 Å². The first kappa shape index (κ1) is 19.5. The number of amides is 1. The van der Waals surface area contributed by atoms with Gasteiger partial charge in [-0.1, -0.05) is 6.92 Å². The first-order valence-electron chi connectivity index (χ1n) is 10.6. The molecular weight excluding hydrogens is 346 g/mol. The Labute approximate surface area is 162 Å². The second kappa shape index (κ2) is 6.07. The van der Waals surface area contributed by atoms with Gasteiger partial charge in [0.15, 0.2) is 5.79 Å². The monoisotopic (exact) mass is 381 g/mol. The van der Waals surface area contributed by atoms with Crippen molar-refractivity contribution in [2.45, 2.75) is 95.7 Å². The Morgan fingerprint density at radius 2 is 1.81 bits per heavy atom. The number of ether oxygens (including phenoxy) is 2. The van der Waals surface area contributed by atoms with Crippen LogP contribution >= 0.6 is 0 Å². The van der Waals surface area contributed by atoms with Gasteiger partial charge in [0, 0.05) is 24.9 Å². The molecule has 27 heavy (non-hydrogen) atoms. The van der Waals surface area contributed by atoms with E-state index in [9.17, 15) is 15.0 Å². The van der Waals surface area contributed by atoms with Gasteiger partial charge in [0.2, 0.25) is 0 Å². The fourth-order valence-corrected chi connectivity index (χ4v) is 6.61. The lowest BCUT2D eigenvalue weighted by Crippen LogP contribution is -2.56. The maximum Gasteiger partial charge on any atom is 0.410 e. The highest BCUT2D eigenvalue weighted by Gasteiger charge is 2.80. The maximum absolute atomic E-state index is 12.5. The van der Waals surface area contributed by atoms with Crippen LogP contribution in [0, 0.1) is 17.3 Å². The van der Waals surface area contributed by atoms with Gasteiger partial charge >= 0.3 is 6.09 Å². The maximum atomic E-state index is 12.5. The SMILES string of the molecule is C[C@H]1CC2C[C@@]3(O)O[C@H](C1)C21CCCN(C(=O)OC(C)(C)C)CCC[C@]13O. The lowest BCUT2D eigenvalue weighted by molar-refractivity contribution is -0.268. The van der Waals surface area contributed by atoms with Crippen molar-refractivity contribution in [3.05, 3.63) is 0 Å². The summed E-state index contributed by atoms with van der Waals surface area (Å²) in [4.78, 5) is 14.3. The van der Waals surface area contributed by atoms with Crippen LogP contribution in [0.2, 0.25) is 0 Å². The molecule has 6 atom stereocenters. The Hall–Kier alpha value is -0.850. The van der Waals surface area contributed by atoms with E-state index >= 15 is 0 Å². The van der Waals surface area contributed by atoms with Crippen molar-refractivity contribution in [2.75, 3.05) is 13.1 Å². The normalized spacial score (nSPS) is 47.0. The molecule has 4 aliphatic rings. The first-order chi connectivity index (χ1) is 12.5. The van der Waals surface area contributed by atoms with Crippen LogP contribution in [-0.2, 0) is 9.47 Å². The molecule has 4 fully saturated rings. The molecule has 2 aliphatic carbocycles. The second-order valence-corrected chi connectivity index (χ2v) is 10.4. The molecule has 0 radical (unpaired) electrons. The van der Waals surface area contributed by atoms with Crippen molar-refractivity contribution in [1.29, 1.82) is 0 Å². The minimum Gasteiger partial charge on any atom is -0.444 e. The molecule has 154 valence electrons. The molecule has 2 heterocycles. The van der Waals surface area contributed by atoms with Gasteiger partial charge in [-0.2, -0.15) is 0 Å². The van der Waals surface area contributed by atoms with Crippen molar-refractivity contribution in [3.8, 4) is 0 Å². The minimum atomic E-state index is -1.43. The molecule has 2 N–H and O–H groups in total. The van der Waals surface area contributed by atoms with Crippen LogP contribution < -0.4 is 0 Å². The molecule has 6 nitrogen and oxygen atoms in total. The van der Waals surface area contributed by atoms with E-state index in [0.29, 0.717) is 44.2 Å².